The number of rotatable bonds is 6. The van der Waals surface area contributed by atoms with Crippen LogP contribution in [-0.2, 0) is 11.2 Å². The second-order valence-corrected chi connectivity index (χ2v) is 6.36. The van der Waals surface area contributed by atoms with Crippen molar-refractivity contribution in [2.75, 3.05) is 39.3 Å². The summed E-state index contributed by atoms with van der Waals surface area (Å²) in [5.74, 6) is 0.0307. The van der Waals surface area contributed by atoms with E-state index in [-0.39, 0.29) is 5.91 Å². The van der Waals surface area contributed by atoms with Gasteiger partial charge in [0, 0.05) is 62.6 Å². The van der Waals surface area contributed by atoms with Crippen molar-refractivity contribution in [2.45, 2.75) is 6.42 Å². The third kappa shape index (κ3) is 4.82. The smallest absolute Gasteiger partial charge is 0.226 e. The van der Waals surface area contributed by atoms with Crippen LogP contribution in [0.5, 0.6) is 0 Å². The minimum absolute atomic E-state index is 0.0307. The second kappa shape index (κ2) is 8.14. The maximum absolute atomic E-state index is 12.0. The Kier molecular flexibility index (Phi) is 5.68. The minimum atomic E-state index is 0.0307. The second-order valence-electron chi connectivity index (χ2n) is 5.50. The number of carbonyl (C=O) groups excluding carboxylic acids is 1. The van der Waals surface area contributed by atoms with Crippen molar-refractivity contribution in [3.05, 3.63) is 35.6 Å². The van der Waals surface area contributed by atoms with E-state index in [2.05, 4.69) is 25.5 Å². The van der Waals surface area contributed by atoms with Crippen LogP contribution in [0.2, 0.25) is 0 Å². The highest BCUT2D eigenvalue weighted by Crippen LogP contribution is 2.22. The zero-order valence-electron chi connectivity index (χ0n) is 13.0. The number of pyridine rings is 1. The number of carbonyl (C=O) groups is 1. The molecule has 0 bridgehead atoms. The fraction of sp³-hybridized carbons (Fsp3) is 0.438. The summed E-state index contributed by atoms with van der Waals surface area (Å²) in [7, 11) is 0. The molecule has 1 amide bonds. The molecule has 3 heterocycles. The van der Waals surface area contributed by atoms with Gasteiger partial charge in [0.1, 0.15) is 5.01 Å². The molecule has 1 saturated heterocycles. The van der Waals surface area contributed by atoms with E-state index in [4.69, 9.17) is 0 Å². The molecule has 0 radical (unpaired) electrons. The molecule has 0 aromatic carbocycles. The summed E-state index contributed by atoms with van der Waals surface area (Å²) in [6, 6.07) is 3.86. The number of amides is 1. The highest BCUT2D eigenvalue weighted by molar-refractivity contribution is 7.13. The van der Waals surface area contributed by atoms with Crippen molar-refractivity contribution in [1.29, 1.82) is 0 Å². The molecule has 1 aliphatic heterocycles. The molecule has 0 saturated carbocycles. The number of piperazine rings is 1. The molecule has 0 aliphatic carbocycles. The Hall–Kier alpha value is -1.83. The predicted molar refractivity (Wildman–Crippen MR) is 91.4 cm³/mol. The van der Waals surface area contributed by atoms with E-state index in [9.17, 15) is 4.79 Å². The highest BCUT2D eigenvalue weighted by atomic mass is 32.1. The fourth-order valence-electron chi connectivity index (χ4n) is 2.53. The molecule has 0 atom stereocenters. The Morgan fingerprint density at radius 1 is 1.39 bits per heavy atom. The molecule has 2 aromatic heterocycles. The van der Waals surface area contributed by atoms with E-state index in [0.717, 1.165) is 49.0 Å². The summed E-state index contributed by atoms with van der Waals surface area (Å²) in [6.45, 7) is 5.77. The number of hydrogen-bond donors (Lipinski definition) is 2. The van der Waals surface area contributed by atoms with Crippen LogP contribution < -0.4 is 10.6 Å². The Balaban J connectivity index is 1.44. The summed E-state index contributed by atoms with van der Waals surface area (Å²) >= 11 is 1.54. The predicted octanol–water partition coefficient (Wildman–Crippen LogP) is 0.769. The van der Waals surface area contributed by atoms with E-state index in [1.165, 1.54) is 0 Å². The molecular formula is C16H21N5OS. The number of nitrogens with one attached hydrogen (secondary N) is 2. The lowest BCUT2D eigenvalue weighted by atomic mass is 10.3. The van der Waals surface area contributed by atoms with E-state index >= 15 is 0 Å². The molecule has 1 fully saturated rings. The molecule has 122 valence electrons. The van der Waals surface area contributed by atoms with Crippen LogP contribution in [0.3, 0.4) is 0 Å². The van der Waals surface area contributed by atoms with Crippen LogP contribution in [0, 0.1) is 0 Å². The number of aromatic nitrogens is 2. The van der Waals surface area contributed by atoms with E-state index in [1.54, 1.807) is 23.7 Å². The minimum Gasteiger partial charge on any atom is -0.354 e. The van der Waals surface area contributed by atoms with Crippen molar-refractivity contribution < 1.29 is 4.79 Å². The monoisotopic (exact) mass is 331 g/mol. The number of thiazole rings is 1. The van der Waals surface area contributed by atoms with Gasteiger partial charge in [0.05, 0.1) is 12.1 Å². The summed E-state index contributed by atoms with van der Waals surface area (Å²) in [6.07, 6.45) is 3.86. The van der Waals surface area contributed by atoms with Crippen molar-refractivity contribution in [3.8, 4) is 10.6 Å². The Morgan fingerprint density at radius 2 is 2.26 bits per heavy atom. The lowest BCUT2D eigenvalue weighted by Gasteiger charge is -2.27. The first-order chi connectivity index (χ1) is 11.3. The first-order valence-electron chi connectivity index (χ1n) is 7.86. The Morgan fingerprint density at radius 3 is 3.04 bits per heavy atom. The maximum Gasteiger partial charge on any atom is 0.226 e. The van der Waals surface area contributed by atoms with E-state index < -0.39 is 0 Å². The van der Waals surface area contributed by atoms with Gasteiger partial charge >= 0.3 is 0 Å². The van der Waals surface area contributed by atoms with Gasteiger partial charge in [-0.2, -0.15) is 0 Å². The molecule has 1 aliphatic rings. The topological polar surface area (TPSA) is 70.2 Å². The van der Waals surface area contributed by atoms with Crippen LogP contribution in [0.1, 0.15) is 5.69 Å². The molecule has 7 heteroatoms. The van der Waals surface area contributed by atoms with Gasteiger partial charge in [0.25, 0.3) is 0 Å². The third-order valence-electron chi connectivity index (χ3n) is 3.76. The average Bonchev–Trinajstić information content (AvgIpc) is 3.05. The average molecular weight is 331 g/mol. The SMILES string of the molecule is O=C(Cc1csc(-c2cccnc2)n1)NCCN1CCNCC1. The molecule has 6 nitrogen and oxygen atoms in total. The number of hydrogen-bond acceptors (Lipinski definition) is 6. The molecule has 0 unspecified atom stereocenters. The lowest BCUT2D eigenvalue weighted by molar-refractivity contribution is -0.120. The third-order valence-corrected chi connectivity index (χ3v) is 4.70. The van der Waals surface area contributed by atoms with Crippen molar-refractivity contribution in [3.63, 3.8) is 0 Å². The number of nitrogens with zero attached hydrogens (tertiary/aromatic N) is 3. The molecule has 3 rings (SSSR count). The van der Waals surface area contributed by atoms with Gasteiger partial charge in [0.2, 0.25) is 5.91 Å². The standard InChI is InChI=1S/C16H21N5OS/c22-15(19-6-9-21-7-4-17-5-8-21)10-14-12-23-16(20-14)13-2-1-3-18-11-13/h1-3,11-12,17H,4-10H2,(H,19,22). The van der Waals surface area contributed by atoms with Gasteiger partial charge in [-0.05, 0) is 12.1 Å². The van der Waals surface area contributed by atoms with Gasteiger partial charge in [-0.25, -0.2) is 4.98 Å². The van der Waals surface area contributed by atoms with Gasteiger partial charge in [-0.3, -0.25) is 14.7 Å². The first-order valence-corrected chi connectivity index (χ1v) is 8.74. The highest BCUT2D eigenvalue weighted by Gasteiger charge is 2.11. The lowest BCUT2D eigenvalue weighted by Crippen LogP contribution is -2.46. The van der Waals surface area contributed by atoms with Gasteiger partial charge in [0.15, 0.2) is 0 Å². The normalized spacial score (nSPS) is 15.5. The van der Waals surface area contributed by atoms with Crippen LogP contribution in [0.4, 0.5) is 0 Å². The zero-order chi connectivity index (χ0) is 15.9. The van der Waals surface area contributed by atoms with Gasteiger partial charge in [-0.1, -0.05) is 0 Å². The molecule has 2 N–H and O–H groups in total. The van der Waals surface area contributed by atoms with Crippen molar-refractivity contribution >= 4 is 17.2 Å². The van der Waals surface area contributed by atoms with E-state index in [1.807, 2.05) is 17.5 Å². The van der Waals surface area contributed by atoms with E-state index in [0.29, 0.717) is 13.0 Å². The van der Waals surface area contributed by atoms with Gasteiger partial charge < -0.3 is 10.6 Å². The fourth-order valence-corrected chi connectivity index (χ4v) is 3.34. The maximum atomic E-state index is 12.0. The first kappa shape index (κ1) is 16.0. The van der Waals surface area contributed by atoms with Gasteiger partial charge in [-0.15, -0.1) is 11.3 Å². The van der Waals surface area contributed by atoms with Crippen LogP contribution in [0.15, 0.2) is 29.9 Å². The largest absolute Gasteiger partial charge is 0.354 e. The summed E-state index contributed by atoms with van der Waals surface area (Å²) in [5, 5.41) is 9.15. The van der Waals surface area contributed by atoms with Crippen LogP contribution >= 0.6 is 11.3 Å². The molecule has 23 heavy (non-hydrogen) atoms. The van der Waals surface area contributed by atoms with Crippen molar-refractivity contribution in [1.82, 2.24) is 25.5 Å². The van der Waals surface area contributed by atoms with Crippen molar-refractivity contribution in [2.24, 2.45) is 0 Å². The van der Waals surface area contributed by atoms with Crippen LogP contribution in [0.25, 0.3) is 10.6 Å². The molecular weight excluding hydrogens is 310 g/mol. The Labute approximate surface area is 140 Å². The Bertz CT molecular complexity index is 624. The zero-order valence-corrected chi connectivity index (χ0v) is 13.8. The molecule has 0 spiro atoms. The summed E-state index contributed by atoms with van der Waals surface area (Å²) < 4.78 is 0. The quantitative estimate of drug-likeness (QED) is 0.818. The van der Waals surface area contributed by atoms with Crippen LogP contribution in [-0.4, -0.2) is 60.0 Å². The summed E-state index contributed by atoms with van der Waals surface area (Å²) in [4.78, 5) is 23.0. The molecule has 2 aromatic rings. The summed E-state index contributed by atoms with van der Waals surface area (Å²) in [5.41, 5.74) is 1.80.